The number of rotatable bonds is 4. The van der Waals surface area contributed by atoms with Gasteiger partial charge in [-0.25, -0.2) is 0 Å². The van der Waals surface area contributed by atoms with Crippen molar-refractivity contribution in [2.24, 2.45) is 12.0 Å². The van der Waals surface area contributed by atoms with Crippen molar-refractivity contribution in [2.75, 3.05) is 46.3 Å². The summed E-state index contributed by atoms with van der Waals surface area (Å²) in [7, 11) is 3.87. The maximum absolute atomic E-state index is 4.46. The number of nitrogens with one attached hydrogen (secondary N) is 1. The van der Waals surface area contributed by atoms with Crippen molar-refractivity contribution in [3.8, 4) is 0 Å². The summed E-state index contributed by atoms with van der Waals surface area (Å²) in [6.07, 6.45) is 8.02. The van der Waals surface area contributed by atoms with Gasteiger partial charge in [-0.2, -0.15) is 5.10 Å². The van der Waals surface area contributed by atoms with Crippen molar-refractivity contribution < 1.29 is 0 Å². The van der Waals surface area contributed by atoms with E-state index in [0.717, 1.165) is 32.1 Å². The smallest absolute Gasteiger partial charge is 0.193 e. The first-order chi connectivity index (χ1) is 10.8. The van der Waals surface area contributed by atoms with Gasteiger partial charge in [-0.05, 0) is 37.9 Å². The highest BCUT2D eigenvalue weighted by atomic mass is 15.3. The minimum atomic E-state index is 0.575. The quantitative estimate of drug-likeness (QED) is 0.663. The number of likely N-dealkylation sites (tertiary alicyclic amines) is 2. The van der Waals surface area contributed by atoms with Crippen LogP contribution in [0.5, 0.6) is 0 Å². The molecule has 0 spiro atoms. The van der Waals surface area contributed by atoms with Crippen molar-refractivity contribution in [1.82, 2.24) is 24.9 Å². The highest BCUT2D eigenvalue weighted by Gasteiger charge is 2.26. The molecule has 2 aliphatic heterocycles. The molecule has 6 heteroatoms. The predicted molar refractivity (Wildman–Crippen MR) is 89.2 cm³/mol. The zero-order chi connectivity index (χ0) is 15.4. The van der Waals surface area contributed by atoms with Crippen LogP contribution in [0.4, 0.5) is 0 Å². The molecule has 122 valence electrons. The molecule has 2 saturated heterocycles. The zero-order valence-electron chi connectivity index (χ0n) is 13.8. The highest BCUT2D eigenvalue weighted by molar-refractivity contribution is 5.80. The van der Waals surface area contributed by atoms with Gasteiger partial charge in [0.1, 0.15) is 0 Å². The fourth-order valence-corrected chi connectivity index (χ4v) is 3.54. The molecular weight excluding hydrogens is 276 g/mol. The van der Waals surface area contributed by atoms with Crippen molar-refractivity contribution in [2.45, 2.75) is 25.2 Å². The largest absolute Gasteiger partial charge is 0.355 e. The first kappa shape index (κ1) is 15.3. The summed E-state index contributed by atoms with van der Waals surface area (Å²) in [5.74, 6) is 1.62. The number of aromatic nitrogens is 2. The second kappa shape index (κ2) is 7.13. The van der Waals surface area contributed by atoms with E-state index >= 15 is 0 Å². The van der Waals surface area contributed by atoms with Crippen molar-refractivity contribution in [3.63, 3.8) is 0 Å². The fraction of sp³-hybridized carbons (Fsp3) is 0.750. The summed E-state index contributed by atoms with van der Waals surface area (Å²) in [6, 6.07) is 0. The van der Waals surface area contributed by atoms with Crippen molar-refractivity contribution in [1.29, 1.82) is 0 Å². The maximum atomic E-state index is 4.46. The molecule has 1 atom stereocenters. The molecule has 0 radical (unpaired) electrons. The number of aliphatic imine (C=N–C) groups is 1. The first-order valence-electron chi connectivity index (χ1n) is 8.43. The minimum Gasteiger partial charge on any atom is -0.355 e. The third-order valence-electron chi connectivity index (χ3n) is 4.81. The van der Waals surface area contributed by atoms with Gasteiger partial charge in [0.05, 0.1) is 6.20 Å². The van der Waals surface area contributed by atoms with E-state index in [4.69, 9.17) is 0 Å². The van der Waals surface area contributed by atoms with Gasteiger partial charge in [0.15, 0.2) is 5.96 Å². The topological polar surface area (TPSA) is 48.7 Å². The van der Waals surface area contributed by atoms with Crippen LogP contribution in [0.25, 0.3) is 0 Å². The van der Waals surface area contributed by atoms with E-state index in [-0.39, 0.29) is 0 Å². The summed E-state index contributed by atoms with van der Waals surface area (Å²) in [5.41, 5.74) is 1.34. The zero-order valence-corrected chi connectivity index (χ0v) is 13.8. The number of aryl methyl sites for hydroxylation is 1. The number of hydrogen-bond acceptors (Lipinski definition) is 3. The molecule has 22 heavy (non-hydrogen) atoms. The average Bonchev–Trinajstić information content (AvgIpc) is 3.24. The molecule has 2 aliphatic rings. The standard InChI is InChI=1S/C16H28N6/c1-17-16(18-6-10-21-7-3-4-8-21)22-9-5-14(13-22)15-11-19-20(2)12-15/h11-12,14H,3-10,13H2,1-2H3,(H,17,18). The van der Waals surface area contributed by atoms with Crippen LogP contribution in [0.15, 0.2) is 17.4 Å². The Morgan fingerprint density at radius 3 is 2.86 bits per heavy atom. The van der Waals surface area contributed by atoms with Crippen LogP contribution < -0.4 is 5.32 Å². The molecule has 0 amide bonds. The SMILES string of the molecule is CN=C(NCCN1CCCC1)N1CCC(c2cnn(C)c2)C1. The fourth-order valence-electron chi connectivity index (χ4n) is 3.54. The molecule has 0 bridgehead atoms. The van der Waals surface area contributed by atoms with E-state index in [1.807, 2.05) is 25.0 Å². The van der Waals surface area contributed by atoms with Crippen molar-refractivity contribution >= 4 is 5.96 Å². The second-order valence-corrected chi connectivity index (χ2v) is 6.40. The second-order valence-electron chi connectivity index (χ2n) is 6.40. The Morgan fingerprint density at radius 1 is 1.36 bits per heavy atom. The third kappa shape index (κ3) is 3.61. The van der Waals surface area contributed by atoms with Crippen LogP contribution in [0, 0.1) is 0 Å². The van der Waals surface area contributed by atoms with Crippen LogP contribution in [-0.4, -0.2) is 71.9 Å². The summed E-state index contributed by atoms with van der Waals surface area (Å²) in [5, 5.41) is 7.82. The normalized spacial score (nSPS) is 23.5. The van der Waals surface area contributed by atoms with E-state index in [0.29, 0.717) is 5.92 Å². The van der Waals surface area contributed by atoms with E-state index in [9.17, 15) is 0 Å². The Morgan fingerprint density at radius 2 is 2.18 bits per heavy atom. The van der Waals surface area contributed by atoms with E-state index < -0.39 is 0 Å². The van der Waals surface area contributed by atoms with Gasteiger partial charge >= 0.3 is 0 Å². The number of guanidine groups is 1. The number of nitrogens with zero attached hydrogens (tertiary/aromatic N) is 5. The predicted octanol–water partition coefficient (Wildman–Crippen LogP) is 0.881. The van der Waals surface area contributed by atoms with Gasteiger partial charge in [-0.3, -0.25) is 9.67 Å². The van der Waals surface area contributed by atoms with Crippen LogP contribution in [0.2, 0.25) is 0 Å². The summed E-state index contributed by atoms with van der Waals surface area (Å²) < 4.78 is 1.89. The average molecular weight is 304 g/mol. The van der Waals surface area contributed by atoms with Gasteiger partial charge in [0.25, 0.3) is 0 Å². The van der Waals surface area contributed by atoms with Crippen molar-refractivity contribution in [3.05, 3.63) is 18.0 Å². The number of hydrogen-bond donors (Lipinski definition) is 1. The van der Waals surface area contributed by atoms with E-state index in [1.54, 1.807) is 0 Å². The summed E-state index contributed by atoms with van der Waals surface area (Å²) >= 11 is 0. The molecule has 0 aliphatic carbocycles. The lowest BCUT2D eigenvalue weighted by Crippen LogP contribution is -2.42. The van der Waals surface area contributed by atoms with E-state index in [2.05, 4.69) is 31.4 Å². The Labute approximate surface area is 133 Å². The van der Waals surface area contributed by atoms with Gasteiger partial charge in [-0.1, -0.05) is 0 Å². The molecule has 1 N–H and O–H groups in total. The van der Waals surface area contributed by atoms with Gasteiger partial charge in [-0.15, -0.1) is 0 Å². The molecular formula is C16H28N6. The third-order valence-corrected chi connectivity index (χ3v) is 4.81. The van der Waals surface area contributed by atoms with Gasteiger partial charge in [0.2, 0.25) is 0 Å². The van der Waals surface area contributed by atoms with Crippen LogP contribution >= 0.6 is 0 Å². The van der Waals surface area contributed by atoms with E-state index in [1.165, 1.54) is 37.9 Å². The minimum absolute atomic E-state index is 0.575. The molecule has 1 unspecified atom stereocenters. The molecule has 2 fully saturated rings. The van der Waals surface area contributed by atoms with Gasteiger partial charge < -0.3 is 15.1 Å². The highest BCUT2D eigenvalue weighted by Crippen LogP contribution is 2.26. The lowest BCUT2D eigenvalue weighted by Gasteiger charge is -2.23. The molecule has 3 heterocycles. The summed E-state index contributed by atoms with van der Waals surface area (Å²) in [4.78, 5) is 9.37. The first-order valence-corrected chi connectivity index (χ1v) is 8.43. The Hall–Kier alpha value is -1.56. The molecule has 6 nitrogen and oxygen atoms in total. The maximum Gasteiger partial charge on any atom is 0.193 e. The monoisotopic (exact) mass is 304 g/mol. The van der Waals surface area contributed by atoms with Gasteiger partial charge in [0, 0.05) is 52.4 Å². The molecule has 1 aromatic rings. The molecule has 3 rings (SSSR count). The van der Waals surface area contributed by atoms with Crippen LogP contribution in [0.1, 0.15) is 30.7 Å². The van der Waals surface area contributed by atoms with Crippen LogP contribution in [-0.2, 0) is 7.05 Å². The Kier molecular flexibility index (Phi) is 4.97. The van der Waals surface area contributed by atoms with Crippen LogP contribution in [0.3, 0.4) is 0 Å². The Balaban J connectivity index is 1.47. The molecule has 0 saturated carbocycles. The molecule has 1 aromatic heterocycles. The molecule has 0 aromatic carbocycles. The Bertz CT molecular complexity index is 502. The summed E-state index contributed by atoms with van der Waals surface area (Å²) in [6.45, 7) is 6.73. The lowest BCUT2D eigenvalue weighted by molar-refractivity contribution is 0.340. The lowest BCUT2D eigenvalue weighted by atomic mass is 10.0.